The zero-order chi connectivity index (χ0) is 7.56. The van der Waals surface area contributed by atoms with E-state index in [2.05, 4.69) is 16.2 Å². The van der Waals surface area contributed by atoms with E-state index in [1.54, 1.807) is 0 Å². The van der Waals surface area contributed by atoms with Gasteiger partial charge in [0.15, 0.2) is 0 Å². The molecule has 1 fully saturated rings. The molecule has 4 atom stereocenters. The Hall–Kier alpha value is 0.350. The lowest BCUT2D eigenvalue weighted by molar-refractivity contribution is -0.0341. The molecule has 60 valence electrons. The molecule has 1 heterocycles. The summed E-state index contributed by atoms with van der Waals surface area (Å²) in [6, 6.07) is 0.356. The molecule has 0 bridgehead atoms. The fraction of sp³-hybridized carbons (Fsp3) is 1.00. The molecule has 0 radical (unpaired) electrons. The summed E-state index contributed by atoms with van der Waals surface area (Å²) in [6.45, 7) is 2.09. The summed E-state index contributed by atoms with van der Waals surface area (Å²) in [5, 5.41) is 0. The average molecular weight is 161 g/mol. The molecule has 10 heavy (non-hydrogen) atoms. The molecule has 0 aliphatic carbocycles. The first-order chi connectivity index (χ1) is 4.72. The van der Waals surface area contributed by atoms with Gasteiger partial charge < -0.3 is 10.5 Å². The Morgan fingerprint density at radius 3 is 2.80 bits per heavy atom. The topological polar surface area (TPSA) is 35.2 Å². The van der Waals surface area contributed by atoms with E-state index < -0.39 is 0 Å². The zero-order valence-electron chi connectivity index (χ0n) is 6.42. The Labute approximate surface area is 64.7 Å². The van der Waals surface area contributed by atoms with Gasteiger partial charge in [-0.05, 0) is 25.9 Å². The van der Waals surface area contributed by atoms with Crippen LogP contribution in [0.15, 0.2) is 0 Å². The van der Waals surface area contributed by atoms with Crippen LogP contribution in [0.25, 0.3) is 0 Å². The Morgan fingerprint density at radius 1 is 1.60 bits per heavy atom. The molecule has 1 aliphatic heterocycles. The highest BCUT2D eigenvalue weighted by Gasteiger charge is 2.22. The smallest absolute Gasteiger partial charge is 0.0627 e. The van der Waals surface area contributed by atoms with E-state index in [0.717, 1.165) is 19.0 Å². The number of hydrogen-bond donors (Lipinski definition) is 1. The summed E-state index contributed by atoms with van der Waals surface area (Å²) < 4.78 is 5.60. The van der Waals surface area contributed by atoms with Crippen molar-refractivity contribution in [3.05, 3.63) is 0 Å². The van der Waals surface area contributed by atoms with Crippen LogP contribution in [0, 0.1) is 0 Å². The van der Waals surface area contributed by atoms with E-state index >= 15 is 0 Å². The van der Waals surface area contributed by atoms with Crippen LogP contribution in [0.5, 0.6) is 0 Å². The predicted molar refractivity (Wildman–Crippen MR) is 46.1 cm³/mol. The standard InChI is InChI=1S/C7H16NOP/c1-5-2-6(8)3-7(4-10)9-5/h5-7H,2-4,8,10H2,1H3. The SMILES string of the molecule is CC1CC(N)CC(CP)O1. The first-order valence-corrected chi connectivity index (χ1v) is 4.65. The second-order valence-electron chi connectivity index (χ2n) is 3.04. The lowest BCUT2D eigenvalue weighted by Gasteiger charge is -2.31. The van der Waals surface area contributed by atoms with Crippen molar-refractivity contribution >= 4 is 9.24 Å². The molecule has 3 heteroatoms. The van der Waals surface area contributed by atoms with Crippen LogP contribution >= 0.6 is 9.24 Å². The summed E-state index contributed by atoms with van der Waals surface area (Å²) >= 11 is 0. The Bertz CT molecular complexity index is 99.8. The molecular weight excluding hydrogens is 145 g/mol. The zero-order valence-corrected chi connectivity index (χ0v) is 7.57. The van der Waals surface area contributed by atoms with Crippen molar-refractivity contribution < 1.29 is 4.74 Å². The van der Waals surface area contributed by atoms with Crippen molar-refractivity contribution in [3.63, 3.8) is 0 Å². The third-order valence-electron chi connectivity index (χ3n) is 1.89. The quantitative estimate of drug-likeness (QED) is 0.576. The van der Waals surface area contributed by atoms with E-state index in [1.165, 1.54) is 0 Å². The molecule has 0 spiro atoms. The molecule has 1 aliphatic rings. The number of ether oxygens (including phenoxy) is 1. The maximum atomic E-state index is 5.80. The van der Waals surface area contributed by atoms with E-state index in [-0.39, 0.29) is 0 Å². The maximum Gasteiger partial charge on any atom is 0.0627 e. The average Bonchev–Trinajstić information content (AvgIpc) is 1.85. The van der Waals surface area contributed by atoms with Crippen LogP contribution in [-0.2, 0) is 4.74 Å². The molecule has 0 aromatic rings. The number of rotatable bonds is 1. The van der Waals surface area contributed by atoms with Crippen LogP contribution in [0.3, 0.4) is 0 Å². The van der Waals surface area contributed by atoms with Gasteiger partial charge in [0, 0.05) is 6.04 Å². The van der Waals surface area contributed by atoms with Gasteiger partial charge >= 0.3 is 0 Å². The van der Waals surface area contributed by atoms with E-state index in [0.29, 0.717) is 18.2 Å². The van der Waals surface area contributed by atoms with Gasteiger partial charge in [-0.1, -0.05) is 0 Å². The summed E-state index contributed by atoms with van der Waals surface area (Å²) in [7, 11) is 2.70. The molecular formula is C7H16NOP. The van der Waals surface area contributed by atoms with Gasteiger partial charge in [-0.15, -0.1) is 9.24 Å². The Morgan fingerprint density at radius 2 is 2.30 bits per heavy atom. The lowest BCUT2D eigenvalue weighted by Crippen LogP contribution is -2.39. The lowest BCUT2D eigenvalue weighted by atomic mass is 10.0. The summed E-state index contributed by atoms with van der Waals surface area (Å²) in [5.41, 5.74) is 5.80. The van der Waals surface area contributed by atoms with Gasteiger partial charge in [0.2, 0.25) is 0 Å². The van der Waals surface area contributed by atoms with Gasteiger partial charge in [-0.3, -0.25) is 0 Å². The predicted octanol–water partition coefficient (Wildman–Crippen LogP) is 0.756. The molecule has 0 saturated carbocycles. The van der Waals surface area contributed by atoms with E-state index in [4.69, 9.17) is 10.5 Å². The van der Waals surface area contributed by atoms with Crippen molar-refractivity contribution in [3.8, 4) is 0 Å². The fourth-order valence-corrected chi connectivity index (χ4v) is 1.76. The van der Waals surface area contributed by atoms with Crippen molar-refractivity contribution in [2.75, 3.05) is 6.16 Å². The van der Waals surface area contributed by atoms with Crippen LogP contribution in [0.4, 0.5) is 0 Å². The minimum Gasteiger partial charge on any atom is -0.375 e. The van der Waals surface area contributed by atoms with Crippen molar-refractivity contribution in [1.82, 2.24) is 0 Å². The van der Waals surface area contributed by atoms with Crippen molar-refractivity contribution in [2.45, 2.75) is 38.0 Å². The molecule has 0 amide bonds. The highest BCUT2D eigenvalue weighted by atomic mass is 31.0. The summed E-state index contributed by atoms with van der Waals surface area (Å²) in [4.78, 5) is 0. The first-order valence-electron chi connectivity index (χ1n) is 3.83. The van der Waals surface area contributed by atoms with Gasteiger partial charge in [0.25, 0.3) is 0 Å². The largest absolute Gasteiger partial charge is 0.375 e. The third kappa shape index (κ3) is 2.19. The van der Waals surface area contributed by atoms with Gasteiger partial charge in [0.05, 0.1) is 12.2 Å². The van der Waals surface area contributed by atoms with Crippen LogP contribution in [0.2, 0.25) is 0 Å². The van der Waals surface area contributed by atoms with Gasteiger partial charge in [-0.2, -0.15) is 0 Å². The second-order valence-corrected chi connectivity index (χ2v) is 3.51. The number of hydrogen-bond acceptors (Lipinski definition) is 2. The minimum absolute atomic E-state index is 0.356. The molecule has 2 nitrogen and oxygen atoms in total. The normalized spacial score (nSPS) is 41.7. The molecule has 0 aromatic carbocycles. The van der Waals surface area contributed by atoms with Gasteiger partial charge in [-0.25, -0.2) is 0 Å². The summed E-state index contributed by atoms with van der Waals surface area (Å²) in [6.07, 6.45) is 3.78. The van der Waals surface area contributed by atoms with E-state index in [9.17, 15) is 0 Å². The summed E-state index contributed by atoms with van der Waals surface area (Å²) in [5.74, 6) is 0. The van der Waals surface area contributed by atoms with Crippen LogP contribution in [0.1, 0.15) is 19.8 Å². The Balaban J connectivity index is 2.35. The second kappa shape index (κ2) is 3.66. The minimum atomic E-state index is 0.356. The van der Waals surface area contributed by atoms with Crippen molar-refractivity contribution in [1.29, 1.82) is 0 Å². The number of nitrogens with two attached hydrogens (primary N) is 1. The van der Waals surface area contributed by atoms with Gasteiger partial charge in [0.1, 0.15) is 0 Å². The molecule has 1 saturated heterocycles. The Kier molecular flexibility index (Phi) is 3.09. The van der Waals surface area contributed by atoms with Crippen molar-refractivity contribution in [2.24, 2.45) is 5.73 Å². The highest BCUT2D eigenvalue weighted by molar-refractivity contribution is 7.16. The maximum absolute atomic E-state index is 5.80. The molecule has 2 N–H and O–H groups in total. The molecule has 4 unspecified atom stereocenters. The van der Waals surface area contributed by atoms with E-state index in [1.807, 2.05) is 0 Å². The van der Waals surface area contributed by atoms with Crippen LogP contribution in [-0.4, -0.2) is 24.4 Å². The third-order valence-corrected chi connectivity index (χ3v) is 2.41. The van der Waals surface area contributed by atoms with Crippen LogP contribution < -0.4 is 5.73 Å². The highest BCUT2D eigenvalue weighted by Crippen LogP contribution is 2.18. The fourth-order valence-electron chi connectivity index (χ4n) is 1.45. The molecule has 0 aromatic heterocycles. The monoisotopic (exact) mass is 161 g/mol. The first kappa shape index (κ1) is 8.45. The molecule has 1 rings (SSSR count).